The highest BCUT2D eigenvalue weighted by Crippen LogP contribution is 2.28. The number of hydrogen-bond donors (Lipinski definition) is 0. The van der Waals surface area contributed by atoms with Crippen molar-refractivity contribution in [1.29, 1.82) is 0 Å². The number of carbonyl (C=O) groups excluding carboxylic acids is 1. The second kappa shape index (κ2) is 9.14. The van der Waals surface area contributed by atoms with Gasteiger partial charge in [0.1, 0.15) is 5.75 Å². The van der Waals surface area contributed by atoms with Gasteiger partial charge in [-0.2, -0.15) is 4.31 Å². The highest BCUT2D eigenvalue weighted by Gasteiger charge is 2.31. The topological polar surface area (TPSA) is 71.9 Å². The van der Waals surface area contributed by atoms with Crippen LogP contribution in [0.4, 0.5) is 0 Å². The van der Waals surface area contributed by atoms with Crippen molar-refractivity contribution in [2.24, 2.45) is 7.05 Å². The van der Waals surface area contributed by atoms with Gasteiger partial charge in [0.05, 0.1) is 18.0 Å². The van der Waals surface area contributed by atoms with Crippen molar-refractivity contribution in [2.75, 3.05) is 39.3 Å². The molecule has 0 radical (unpaired) electrons. The van der Waals surface area contributed by atoms with Crippen LogP contribution in [0.3, 0.4) is 0 Å². The molecular formula is C23H33N3O4S. The van der Waals surface area contributed by atoms with Crippen molar-refractivity contribution in [3.63, 3.8) is 0 Å². The van der Waals surface area contributed by atoms with Crippen molar-refractivity contribution >= 4 is 15.8 Å². The summed E-state index contributed by atoms with van der Waals surface area (Å²) in [6, 6.07) is 5.42. The first kappa shape index (κ1) is 23.5. The predicted octanol–water partition coefficient (Wildman–Crippen LogP) is 2.85. The lowest BCUT2D eigenvalue weighted by Gasteiger charge is -2.34. The number of carbonyl (C=O) groups is 1. The van der Waals surface area contributed by atoms with Crippen LogP contribution in [0.2, 0.25) is 0 Å². The van der Waals surface area contributed by atoms with Crippen molar-refractivity contribution in [3.05, 3.63) is 46.3 Å². The monoisotopic (exact) mass is 447 g/mol. The number of Topliss-reactive ketones (excluding diaryl/α,β-unsaturated/α-hetero) is 1. The molecule has 3 rings (SSSR count). The van der Waals surface area contributed by atoms with E-state index in [1.54, 1.807) is 19.1 Å². The Labute approximate surface area is 185 Å². The summed E-state index contributed by atoms with van der Waals surface area (Å²) in [6.45, 7) is 12.1. The molecular weight excluding hydrogens is 414 g/mol. The molecule has 1 aliphatic heterocycles. The summed E-state index contributed by atoms with van der Waals surface area (Å²) in [5, 5.41) is 0. The number of piperazine rings is 1. The van der Waals surface area contributed by atoms with Crippen molar-refractivity contribution in [1.82, 2.24) is 13.8 Å². The van der Waals surface area contributed by atoms with Gasteiger partial charge in [0.25, 0.3) is 0 Å². The fraction of sp³-hybridized carbons (Fsp3) is 0.522. The quantitative estimate of drug-likeness (QED) is 0.611. The van der Waals surface area contributed by atoms with Crippen molar-refractivity contribution in [2.45, 2.75) is 39.5 Å². The van der Waals surface area contributed by atoms with Crippen LogP contribution in [0.1, 0.15) is 39.8 Å². The van der Waals surface area contributed by atoms with Crippen LogP contribution < -0.4 is 4.74 Å². The Balaban J connectivity index is 1.68. The van der Waals surface area contributed by atoms with Gasteiger partial charge in [-0.3, -0.25) is 9.69 Å². The van der Waals surface area contributed by atoms with Crippen molar-refractivity contribution < 1.29 is 17.9 Å². The van der Waals surface area contributed by atoms with E-state index in [4.69, 9.17) is 4.74 Å². The molecule has 170 valence electrons. The lowest BCUT2D eigenvalue weighted by molar-refractivity contribution is 0.0901. The van der Waals surface area contributed by atoms with Crippen LogP contribution in [0.15, 0.2) is 23.1 Å². The number of nitrogens with zero attached hydrogens (tertiary/aromatic N) is 3. The van der Waals surface area contributed by atoms with E-state index < -0.39 is 10.0 Å². The molecule has 1 aromatic carbocycles. The molecule has 0 N–H and O–H groups in total. The first-order valence-corrected chi connectivity index (χ1v) is 12.1. The molecule has 0 bridgehead atoms. The van der Waals surface area contributed by atoms with Crippen LogP contribution in [0.25, 0.3) is 0 Å². The molecule has 2 heterocycles. The molecule has 1 aliphatic rings. The molecule has 1 aromatic heterocycles. The number of ether oxygens (including phenoxy) is 1. The predicted molar refractivity (Wildman–Crippen MR) is 122 cm³/mol. The summed E-state index contributed by atoms with van der Waals surface area (Å²) in [5.41, 5.74) is 4.25. The highest BCUT2D eigenvalue weighted by molar-refractivity contribution is 7.89. The molecule has 2 aromatic rings. The van der Waals surface area contributed by atoms with Crippen LogP contribution >= 0.6 is 0 Å². The molecule has 0 saturated carbocycles. The zero-order valence-electron chi connectivity index (χ0n) is 19.4. The minimum absolute atomic E-state index is 0.0792. The SMILES string of the molecule is CCOc1cc(C)c(S(=O)(=O)N2CCN(CC(=O)c3cc(C)n(C)c3C)CC2)cc1C. The largest absolute Gasteiger partial charge is 0.494 e. The lowest BCUT2D eigenvalue weighted by atomic mass is 10.1. The third-order valence-corrected chi connectivity index (χ3v) is 8.20. The Kier molecular flexibility index (Phi) is 6.93. The van der Waals surface area contributed by atoms with E-state index in [-0.39, 0.29) is 5.78 Å². The van der Waals surface area contributed by atoms with Crippen LogP contribution in [0, 0.1) is 27.7 Å². The second-order valence-electron chi connectivity index (χ2n) is 8.26. The molecule has 0 spiro atoms. The lowest BCUT2D eigenvalue weighted by Crippen LogP contribution is -2.49. The summed E-state index contributed by atoms with van der Waals surface area (Å²) >= 11 is 0. The van der Waals surface area contributed by atoms with Gasteiger partial charge in [-0.25, -0.2) is 8.42 Å². The fourth-order valence-electron chi connectivity index (χ4n) is 4.05. The standard InChI is InChI=1S/C23H33N3O4S/c1-7-30-22-12-17(3)23(13-16(22)2)31(28,29)26-10-8-25(9-11-26)15-21(27)20-14-18(4)24(6)19(20)5/h12-14H,7-11,15H2,1-6H3. The Morgan fingerprint density at radius 1 is 1.00 bits per heavy atom. The van der Waals surface area contributed by atoms with Crippen molar-refractivity contribution in [3.8, 4) is 5.75 Å². The normalized spacial score (nSPS) is 15.9. The maximum Gasteiger partial charge on any atom is 0.243 e. The maximum atomic E-state index is 13.3. The van der Waals surface area contributed by atoms with Gasteiger partial charge in [0, 0.05) is 50.2 Å². The van der Waals surface area contributed by atoms with Gasteiger partial charge in [0.2, 0.25) is 10.0 Å². The summed E-state index contributed by atoms with van der Waals surface area (Å²) in [4.78, 5) is 15.1. The Hall–Kier alpha value is -2.16. The molecule has 7 nitrogen and oxygen atoms in total. The fourth-order valence-corrected chi connectivity index (χ4v) is 5.76. The van der Waals surface area contributed by atoms with Gasteiger partial charge in [-0.05, 0) is 63.9 Å². The van der Waals surface area contributed by atoms with E-state index in [1.807, 2.05) is 50.3 Å². The summed E-state index contributed by atoms with van der Waals surface area (Å²) in [5.74, 6) is 0.796. The van der Waals surface area contributed by atoms with Crippen LogP contribution in [-0.2, 0) is 17.1 Å². The minimum atomic E-state index is -3.60. The van der Waals surface area contributed by atoms with E-state index in [2.05, 4.69) is 0 Å². The van der Waals surface area contributed by atoms with Gasteiger partial charge >= 0.3 is 0 Å². The molecule has 1 fully saturated rings. The zero-order chi connectivity index (χ0) is 22.9. The average Bonchev–Trinajstić information content (AvgIpc) is 2.98. The summed E-state index contributed by atoms with van der Waals surface area (Å²) < 4.78 is 35.6. The van der Waals surface area contributed by atoms with Gasteiger partial charge in [-0.1, -0.05) is 0 Å². The van der Waals surface area contributed by atoms with E-state index >= 15 is 0 Å². The molecule has 31 heavy (non-hydrogen) atoms. The van der Waals surface area contributed by atoms with Crippen LogP contribution in [-0.4, -0.2) is 67.3 Å². The first-order chi connectivity index (χ1) is 14.6. The molecule has 0 unspecified atom stereocenters. The minimum Gasteiger partial charge on any atom is -0.494 e. The number of aromatic nitrogens is 1. The van der Waals surface area contributed by atoms with Gasteiger partial charge in [-0.15, -0.1) is 0 Å². The Morgan fingerprint density at radius 3 is 2.19 bits per heavy atom. The Bertz CT molecular complexity index is 1080. The number of hydrogen-bond acceptors (Lipinski definition) is 5. The summed E-state index contributed by atoms with van der Waals surface area (Å²) in [7, 11) is -1.64. The number of aryl methyl sites for hydroxylation is 3. The van der Waals surface area contributed by atoms with E-state index in [0.717, 1.165) is 22.5 Å². The molecule has 1 saturated heterocycles. The smallest absolute Gasteiger partial charge is 0.243 e. The van der Waals surface area contributed by atoms with E-state index in [0.29, 0.717) is 55.5 Å². The van der Waals surface area contributed by atoms with Gasteiger partial charge < -0.3 is 9.30 Å². The zero-order valence-corrected chi connectivity index (χ0v) is 20.2. The number of benzene rings is 1. The maximum absolute atomic E-state index is 13.3. The van der Waals surface area contributed by atoms with E-state index in [9.17, 15) is 13.2 Å². The first-order valence-electron chi connectivity index (χ1n) is 10.7. The highest BCUT2D eigenvalue weighted by atomic mass is 32.2. The number of rotatable bonds is 7. The number of sulfonamides is 1. The third kappa shape index (κ3) is 4.71. The second-order valence-corrected chi connectivity index (χ2v) is 10.2. The molecule has 8 heteroatoms. The average molecular weight is 448 g/mol. The van der Waals surface area contributed by atoms with Crippen LogP contribution in [0.5, 0.6) is 5.75 Å². The van der Waals surface area contributed by atoms with E-state index in [1.165, 1.54) is 4.31 Å². The third-order valence-electron chi connectivity index (χ3n) is 6.16. The molecule has 0 atom stereocenters. The molecule has 0 aliphatic carbocycles. The molecule has 0 amide bonds. The summed E-state index contributed by atoms with van der Waals surface area (Å²) in [6.07, 6.45) is 0. The van der Waals surface area contributed by atoms with Gasteiger partial charge in [0.15, 0.2) is 5.78 Å². The number of ketones is 1. The Morgan fingerprint density at radius 2 is 1.65 bits per heavy atom.